The van der Waals surface area contributed by atoms with Gasteiger partial charge in [0, 0.05) is 38.4 Å². The third-order valence-corrected chi connectivity index (χ3v) is 6.23. The van der Waals surface area contributed by atoms with Gasteiger partial charge in [-0.3, -0.25) is 9.59 Å². The maximum Gasteiger partial charge on any atom is 0.319 e. The average Bonchev–Trinajstić information content (AvgIpc) is 2.78. The Morgan fingerprint density at radius 2 is 1.56 bits per heavy atom. The van der Waals surface area contributed by atoms with Crippen LogP contribution < -0.4 is 16.0 Å². The first-order chi connectivity index (χ1) is 15.1. The van der Waals surface area contributed by atoms with Crippen LogP contribution in [0.1, 0.15) is 22.3 Å². The molecule has 0 saturated heterocycles. The van der Waals surface area contributed by atoms with Crippen LogP contribution in [-0.2, 0) is 26.1 Å². The van der Waals surface area contributed by atoms with Crippen molar-refractivity contribution in [2.24, 2.45) is 0 Å². The van der Waals surface area contributed by atoms with Gasteiger partial charge in [0.1, 0.15) is 0 Å². The molecule has 2 rings (SSSR count). The van der Waals surface area contributed by atoms with Gasteiger partial charge >= 0.3 is 12.0 Å². The average molecular weight is 463 g/mol. The van der Waals surface area contributed by atoms with Crippen LogP contribution >= 0.6 is 0 Å². The van der Waals surface area contributed by atoms with E-state index in [0.717, 1.165) is 9.87 Å². The van der Waals surface area contributed by atoms with Crippen molar-refractivity contribution in [1.82, 2.24) is 14.9 Å². The molecule has 3 amide bonds. The van der Waals surface area contributed by atoms with Crippen LogP contribution in [0.3, 0.4) is 0 Å². The van der Waals surface area contributed by atoms with Crippen molar-refractivity contribution >= 4 is 33.6 Å². The minimum atomic E-state index is -3.50. The first kappa shape index (κ1) is 24.8. The van der Waals surface area contributed by atoms with Gasteiger partial charge in [-0.1, -0.05) is 12.1 Å². The molecule has 0 unspecified atom stereocenters. The highest BCUT2D eigenvalue weighted by atomic mass is 32.2. The molecule has 0 heterocycles. The molecule has 0 aromatic heterocycles. The molecule has 0 radical (unpaired) electrons. The van der Waals surface area contributed by atoms with Crippen molar-refractivity contribution in [3.8, 4) is 0 Å². The second kappa shape index (κ2) is 11.3. The smallest absolute Gasteiger partial charge is 0.319 e. The van der Waals surface area contributed by atoms with Gasteiger partial charge in [0.25, 0.3) is 5.91 Å². The highest BCUT2D eigenvalue weighted by molar-refractivity contribution is 7.89. The number of anilines is 1. The summed E-state index contributed by atoms with van der Waals surface area (Å²) >= 11 is 0. The molecule has 32 heavy (non-hydrogen) atoms. The van der Waals surface area contributed by atoms with Crippen LogP contribution in [0, 0.1) is 0 Å². The Kier molecular flexibility index (Phi) is 8.73. The lowest BCUT2D eigenvalue weighted by atomic mass is 10.2. The van der Waals surface area contributed by atoms with Gasteiger partial charge in [-0.2, -0.15) is 0 Å². The fraction of sp³-hybridized carbons (Fsp3) is 0.286. The number of hydrogen-bond acceptors (Lipinski definition) is 6. The molecule has 0 bridgehead atoms. The van der Waals surface area contributed by atoms with Gasteiger partial charge < -0.3 is 20.7 Å². The number of carbonyl (C=O) groups is 3. The van der Waals surface area contributed by atoms with Gasteiger partial charge in [-0.05, 0) is 42.0 Å². The molecule has 0 fully saturated rings. The van der Waals surface area contributed by atoms with Crippen molar-refractivity contribution < 1.29 is 27.5 Å². The molecule has 0 aliphatic heterocycles. The summed E-state index contributed by atoms with van der Waals surface area (Å²) in [7, 11) is 0.692. The summed E-state index contributed by atoms with van der Waals surface area (Å²) in [4.78, 5) is 35.4. The molecular formula is C21H26N4O6S. The minimum Gasteiger partial charge on any atom is -0.469 e. The van der Waals surface area contributed by atoms with E-state index in [9.17, 15) is 22.8 Å². The van der Waals surface area contributed by atoms with E-state index in [0.29, 0.717) is 11.3 Å². The predicted octanol–water partition coefficient (Wildman–Crippen LogP) is 1.55. The summed E-state index contributed by atoms with van der Waals surface area (Å²) in [5.41, 5.74) is 1.60. The highest BCUT2D eigenvalue weighted by Crippen LogP contribution is 2.14. The van der Waals surface area contributed by atoms with E-state index in [2.05, 4.69) is 20.7 Å². The molecule has 2 aromatic carbocycles. The second-order valence-corrected chi connectivity index (χ2v) is 9.05. The van der Waals surface area contributed by atoms with E-state index >= 15 is 0 Å². The zero-order chi connectivity index (χ0) is 23.7. The number of sulfonamides is 1. The first-order valence-electron chi connectivity index (χ1n) is 9.65. The van der Waals surface area contributed by atoms with Crippen LogP contribution in [-0.4, -0.2) is 58.4 Å². The number of urea groups is 1. The molecule has 3 N–H and O–H groups in total. The van der Waals surface area contributed by atoms with Crippen molar-refractivity contribution in [2.45, 2.75) is 17.9 Å². The van der Waals surface area contributed by atoms with Gasteiger partial charge in [-0.25, -0.2) is 17.5 Å². The van der Waals surface area contributed by atoms with Crippen molar-refractivity contribution in [1.29, 1.82) is 0 Å². The number of carbonyl (C=O) groups excluding carboxylic acids is 3. The lowest BCUT2D eigenvalue weighted by Gasteiger charge is -2.12. The number of amides is 3. The zero-order valence-corrected chi connectivity index (χ0v) is 18.9. The molecule has 0 spiro atoms. The number of rotatable bonds is 9. The van der Waals surface area contributed by atoms with E-state index in [1.165, 1.54) is 33.3 Å². The summed E-state index contributed by atoms with van der Waals surface area (Å²) in [5.74, 6) is -0.755. The quantitative estimate of drug-likeness (QED) is 0.484. The second-order valence-electron chi connectivity index (χ2n) is 6.90. The summed E-state index contributed by atoms with van der Waals surface area (Å²) in [5, 5.41) is 7.93. The van der Waals surface area contributed by atoms with Crippen LogP contribution in [0.2, 0.25) is 0 Å². The van der Waals surface area contributed by atoms with Crippen molar-refractivity contribution in [3.63, 3.8) is 0 Å². The normalized spacial score (nSPS) is 11.0. The number of hydrogen-bond donors (Lipinski definition) is 3. The molecule has 0 aliphatic carbocycles. The van der Waals surface area contributed by atoms with Gasteiger partial charge in [-0.15, -0.1) is 0 Å². The first-order valence-corrected chi connectivity index (χ1v) is 11.1. The van der Waals surface area contributed by atoms with E-state index in [-0.39, 0.29) is 30.3 Å². The molecule has 0 atom stereocenters. The van der Waals surface area contributed by atoms with Gasteiger partial charge in [0.15, 0.2) is 0 Å². The number of esters is 1. The van der Waals surface area contributed by atoms with Crippen molar-refractivity contribution in [2.75, 3.05) is 33.1 Å². The lowest BCUT2D eigenvalue weighted by molar-refractivity contribution is -0.140. The standard InChI is InChI=1S/C21H26N4O6S/c1-25(2)32(29,30)18-10-4-15(5-11-18)14-23-21(28)24-17-8-6-16(7-9-17)20(27)22-13-12-19(26)31-3/h4-11H,12-14H2,1-3H3,(H,22,27)(H2,23,24,28). The monoisotopic (exact) mass is 462 g/mol. The van der Waals surface area contributed by atoms with Gasteiger partial charge in [0.05, 0.1) is 18.4 Å². The molecule has 10 nitrogen and oxygen atoms in total. The third-order valence-electron chi connectivity index (χ3n) is 4.40. The number of methoxy groups -OCH3 is 1. The molecule has 11 heteroatoms. The maximum atomic E-state index is 12.1. The number of nitrogens with zero attached hydrogens (tertiary/aromatic N) is 1. The Hall–Kier alpha value is -3.44. The van der Waals surface area contributed by atoms with E-state index in [1.807, 2.05) is 0 Å². The molecule has 0 aliphatic rings. The Morgan fingerprint density at radius 1 is 0.938 bits per heavy atom. The predicted molar refractivity (Wildman–Crippen MR) is 119 cm³/mol. The molecule has 0 saturated carbocycles. The van der Waals surface area contributed by atoms with E-state index in [4.69, 9.17) is 0 Å². The van der Waals surface area contributed by atoms with Crippen molar-refractivity contribution in [3.05, 3.63) is 59.7 Å². The summed E-state index contributed by atoms with van der Waals surface area (Å²) < 4.78 is 29.8. The lowest BCUT2D eigenvalue weighted by Crippen LogP contribution is -2.28. The van der Waals surface area contributed by atoms with Crippen LogP contribution in [0.4, 0.5) is 10.5 Å². The van der Waals surface area contributed by atoms with Crippen LogP contribution in [0.25, 0.3) is 0 Å². The summed E-state index contributed by atoms with van der Waals surface area (Å²) in [6, 6.07) is 12.0. The minimum absolute atomic E-state index is 0.0796. The third kappa shape index (κ3) is 7.06. The van der Waals surface area contributed by atoms with E-state index in [1.54, 1.807) is 36.4 Å². The number of ether oxygens (including phenoxy) is 1. The fourth-order valence-electron chi connectivity index (χ4n) is 2.53. The topological polar surface area (TPSA) is 134 Å². The Bertz CT molecular complexity index is 1050. The molecule has 2 aromatic rings. The Labute approximate surface area is 187 Å². The van der Waals surface area contributed by atoms with E-state index < -0.39 is 22.0 Å². The molecule has 172 valence electrons. The van der Waals surface area contributed by atoms with Crippen LogP contribution in [0.5, 0.6) is 0 Å². The Balaban J connectivity index is 1.83. The highest BCUT2D eigenvalue weighted by Gasteiger charge is 2.16. The SMILES string of the molecule is COC(=O)CCNC(=O)c1ccc(NC(=O)NCc2ccc(S(=O)(=O)N(C)C)cc2)cc1. The fourth-order valence-corrected chi connectivity index (χ4v) is 3.44. The zero-order valence-electron chi connectivity index (χ0n) is 18.0. The summed E-state index contributed by atoms with van der Waals surface area (Å²) in [6.07, 6.45) is 0.0796. The van der Waals surface area contributed by atoms with Gasteiger partial charge in [0.2, 0.25) is 10.0 Å². The maximum absolute atomic E-state index is 12.1. The Morgan fingerprint density at radius 3 is 2.12 bits per heavy atom. The molecular weight excluding hydrogens is 436 g/mol. The largest absolute Gasteiger partial charge is 0.469 e. The summed E-state index contributed by atoms with van der Waals surface area (Å²) in [6.45, 7) is 0.366. The number of nitrogens with one attached hydrogen (secondary N) is 3. The number of benzene rings is 2. The van der Waals surface area contributed by atoms with Crippen LogP contribution in [0.15, 0.2) is 53.4 Å².